The van der Waals surface area contributed by atoms with Gasteiger partial charge in [-0.2, -0.15) is 26.3 Å². The topological polar surface area (TPSA) is 121 Å². The fourth-order valence-electron chi connectivity index (χ4n) is 3.88. The van der Waals surface area contributed by atoms with Crippen molar-refractivity contribution in [2.24, 2.45) is 13.0 Å². The first kappa shape index (κ1) is 28.2. The molecular formula is C22H25F6N5O4. The summed E-state index contributed by atoms with van der Waals surface area (Å²) in [5.74, 6) is -2.47. The summed E-state index contributed by atoms with van der Waals surface area (Å²) < 4.78 is 71.4. The predicted octanol–water partition coefficient (Wildman–Crippen LogP) is 3.49. The third kappa shape index (κ3) is 7.57. The molecule has 1 atom stereocenters. The molecule has 2 fully saturated rings. The van der Waals surface area contributed by atoms with Crippen LogP contribution in [0.1, 0.15) is 31.2 Å². The van der Waals surface area contributed by atoms with Crippen LogP contribution in [0.4, 0.5) is 32.2 Å². The van der Waals surface area contributed by atoms with Crippen molar-refractivity contribution in [2.75, 3.05) is 25.0 Å². The van der Waals surface area contributed by atoms with E-state index in [1.807, 2.05) is 0 Å². The van der Waals surface area contributed by atoms with Crippen LogP contribution >= 0.6 is 0 Å². The molecule has 1 aromatic carbocycles. The maximum absolute atomic E-state index is 12.8. The molecule has 204 valence electrons. The van der Waals surface area contributed by atoms with E-state index in [0.29, 0.717) is 6.07 Å². The van der Waals surface area contributed by atoms with E-state index in [2.05, 4.69) is 20.4 Å². The van der Waals surface area contributed by atoms with Gasteiger partial charge in [0, 0.05) is 26.2 Å². The Morgan fingerprint density at radius 1 is 1.14 bits per heavy atom. The SMILES string of the molecule is Cn1c(-c2ccc(C(F)(F)F)cc2O)nnc(N[C@@H]2CCCN(CC3CC3)C2)c1=O.O=C(O)C(F)(F)F. The van der Waals surface area contributed by atoms with Crippen molar-refractivity contribution in [1.82, 2.24) is 19.7 Å². The number of phenolic OH excluding ortho intramolecular Hbond substituents is 1. The number of halogens is 6. The number of carbonyl (C=O) groups is 1. The molecule has 0 spiro atoms. The number of phenols is 1. The molecule has 1 aliphatic heterocycles. The molecular weight excluding hydrogens is 512 g/mol. The van der Waals surface area contributed by atoms with Crippen molar-refractivity contribution in [3.05, 3.63) is 34.1 Å². The van der Waals surface area contributed by atoms with Gasteiger partial charge in [-0.1, -0.05) is 0 Å². The molecule has 1 saturated carbocycles. The van der Waals surface area contributed by atoms with Gasteiger partial charge >= 0.3 is 18.3 Å². The third-order valence-corrected chi connectivity index (χ3v) is 5.94. The number of rotatable bonds is 5. The highest BCUT2D eigenvalue weighted by Crippen LogP contribution is 2.35. The van der Waals surface area contributed by atoms with E-state index in [-0.39, 0.29) is 23.2 Å². The molecule has 0 amide bonds. The fourth-order valence-corrected chi connectivity index (χ4v) is 3.88. The molecule has 9 nitrogen and oxygen atoms in total. The Morgan fingerprint density at radius 3 is 2.32 bits per heavy atom. The Hall–Kier alpha value is -3.36. The lowest BCUT2D eigenvalue weighted by molar-refractivity contribution is -0.192. The second-order valence-corrected chi connectivity index (χ2v) is 8.96. The molecule has 0 unspecified atom stereocenters. The minimum absolute atomic E-state index is 0.00391. The summed E-state index contributed by atoms with van der Waals surface area (Å²) >= 11 is 0. The summed E-state index contributed by atoms with van der Waals surface area (Å²) in [4.78, 5) is 24.1. The first-order chi connectivity index (χ1) is 17.2. The number of carboxylic acid groups (broad SMARTS) is 1. The predicted molar refractivity (Wildman–Crippen MR) is 119 cm³/mol. The Kier molecular flexibility index (Phi) is 8.35. The largest absolute Gasteiger partial charge is 0.507 e. The van der Waals surface area contributed by atoms with Crippen LogP contribution in [0.25, 0.3) is 11.4 Å². The summed E-state index contributed by atoms with van der Waals surface area (Å²) in [6.45, 7) is 2.99. The number of anilines is 1. The van der Waals surface area contributed by atoms with E-state index >= 15 is 0 Å². The number of benzene rings is 1. The maximum atomic E-state index is 12.8. The summed E-state index contributed by atoms with van der Waals surface area (Å²) in [6, 6.07) is 2.63. The molecule has 1 aliphatic carbocycles. The zero-order valence-electron chi connectivity index (χ0n) is 19.6. The third-order valence-electron chi connectivity index (χ3n) is 5.94. The van der Waals surface area contributed by atoms with Crippen molar-refractivity contribution in [3.63, 3.8) is 0 Å². The maximum Gasteiger partial charge on any atom is 0.490 e. The summed E-state index contributed by atoms with van der Waals surface area (Å²) in [7, 11) is 1.45. The number of piperidine rings is 1. The molecule has 4 rings (SSSR count). The minimum Gasteiger partial charge on any atom is -0.507 e. The van der Waals surface area contributed by atoms with Gasteiger partial charge in [-0.15, -0.1) is 10.2 Å². The van der Waals surface area contributed by atoms with Crippen LogP contribution in [0.15, 0.2) is 23.0 Å². The van der Waals surface area contributed by atoms with Crippen LogP contribution in [0, 0.1) is 5.92 Å². The molecule has 37 heavy (non-hydrogen) atoms. The van der Waals surface area contributed by atoms with Gasteiger partial charge in [0.2, 0.25) is 5.82 Å². The molecule has 1 saturated heterocycles. The number of hydrogen-bond donors (Lipinski definition) is 3. The smallest absolute Gasteiger partial charge is 0.490 e. The molecule has 0 bridgehead atoms. The van der Waals surface area contributed by atoms with Crippen LogP contribution in [-0.2, 0) is 18.0 Å². The Morgan fingerprint density at radius 2 is 1.78 bits per heavy atom. The lowest BCUT2D eigenvalue weighted by Gasteiger charge is -2.33. The van der Waals surface area contributed by atoms with Crippen molar-refractivity contribution in [3.8, 4) is 17.1 Å². The highest BCUT2D eigenvalue weighted by Gasteiger charge is 2.38. The molecule has 2 aliphatic rings. The van der Waals surface area contributed by atoms with Crippen LogP contribution < -0.4 is 10.9 Å². The quantitative estimate of drug-likeness (QED) is 0.496. The number of alkyl halides is 6. The Balaban J connectivity index is 0.000000479. The number of aromatic hydroxyl groups is 1. The first-order valence-corrected chi connectivity index (χ1v) is 11.3. The number of hydrogen-bond acceptors (Lipinski definition) is 7. The highest BCUT2D eigenvalue weighted by molar-refractivity contribution is 5.73. The summed E-state index contributed by atoms with van der Waals surface area (Å²) in [5, 5.41) is 28.3. The number of likely N-dealkylation sites (tertiary alicyclic amines) is 1. The number of nitrogens with one attached hydrogen (secondary N) is 1. The number of nitrogens with zero attached hydrogens (tertiary/aromatic N) is 4. The van der Waals surface area contributed by atoms with Gasteiger partial charge in [0.1, 0.15) is 5.75 Å². The second kappa shape index (κ2) is 10.9. The highest BCUT2D eigenvalue weighted by atomic mass is 19.4. The van der Waals surface area contributed by atoms with Gasteiger partial charge in [0.25, 0.3) is 5.56 Å². The normalized spacial score (nSPS) is 18.6. The zero-order chi connectivity index (χ0) is 27.5. The molecule has 1 aromatic heterocycles. The second-order valence-electron chi connectivity index (χ2n) is 8.96. The number of aliphatic carboxylic acids is 1. The van der Waals surface area contributed by atoms with Crippen molar-refractivity contribution in [2.45, 2.75) is 44.1 Å². The van der Waals surface area contributed by atoms with Crippen LogP contribution in [0.2, 0.25) is 0 Å². The van der Waals surface area contributed by atoms with Gasteiger partial charge in [0.15, 0.2) is 5.82 Å². The minimum atomic E-state index is -5.08. The van der Waals surface area contributed by atoms with Gasteiger partial charge in [-0.3, -0.25) is 9.36 Å². The lowest BCUT2D eigenvalue weighted by Crippen LogP contribution is -2.44. The standard InChI is InChI=1S/C20H24F3N5O2.C2HF3O2/c1-27-18(15-7-6-13(9-16(15)29)20(21,22)23)26-25-17(19(27)30)24-14-3-2-8-28(11-14)10-12-4-5-12;3-2(4,5)1(6)7/h6-7,9,12,14,29H,2-5,8,10-11H2,1H3,(H,24,25);(H,6,7)/t14-;/m1./s1. The van der Waals surface area contributed by atoms with Crippen molar-refractivity contribution < 1.29 is 41.4 Å². The van der Waals surface area contributed by atoms with Gasteiger partial charge in [-0.25, -0.2) is 4.79 Å². The van der Waals surface area contributed by atoms with Crippen molar-refractivity contribution >= 4 is 11.8 Å². The van der Waals surface area contributed by atoms with E-state index < -0.39 is 35.2 Å². The molecule has 2 aromatic rings. The molecule has 2 heterocycles. The molecule has 15 heteroatoms. The van der Waals surface area contributed by atoms with Gasteiger partial charge < -0.3 is 20.4 Å². The lowest BCUT2D eigenvalue weighted by atomic mass is 10.1. The summed E-state index contributed by atoms with van der Waals surface area (Å²) in [5.41, 5.74) is -1.42. The van der Waals surface area contributed by atoms with E-state index in [1.165, 1.54) is 24.5 Å². The zero-order valence-corrected chi connectivity index (χ0v) is 19.6. The molecule has 0 radical (unpaired) electrons. The van der Waals surface area contributed by atoms with E-state index in [4.69, 9.17) is 9.90 Å². The monoisotopic (exact) mass is 537 g/mol. The van der Waals surface area contributed by atoms with E-state index in [0.717, 1.165) is 50.5 Å². The fraction of sp³-hybridized carbons (Fsp3) is 0.545. The number of carboxylic acids is 1. The Bertz CT molecular complexity index is 1180. The van der Waals surface area contributed by atoms with Crippen molar-refractivity contribution in [1.29, 1.82) is 0 Å². The number of aromatic nitrogens is 3. The van der Waals surface area contributed by atoms with Crippen LogP contribution in [0.5, 0.6) is 5.75 Å². The van der Waals surface area contributed by atoms with E-state index in [1.54, 1.807) is 0 Å². The average Bonchev–Trinajstić information content (AvgIpc) is 3.61. The van der Waals surface area contributed by atoms with Crippen LogP contribution in [-0.4, -0.2) is 67.7 Å². The first-order valence-electron chi connectivity index (χ1n) is 11.3. The van der Waals surface area contributed by atoms with Gasteiger partial charge in [-0.05, 0) is 56.3 Å². The summed E-state index contributed by atoms with van der Waals surface area (Å²) in [6.07, 6.45) is -5.12. The average molecular weight is 537 g/mol. The van der Waals surface area contributed by atoms with E-state index in [9.17, 15) is 36.2 Å². The Labute approximate surface area is 206 Å². The molecule has 3 N–H and O–H groups in total. The van der Waals surface area contributed by atoms with Gasteiger partial charge in [0.05, 0.1) is 11.1 Å². The van der Waals surface area contributed by atoms with Crippen LogP contribution in [0.3, 0.4) is 0 Å².